The van der Waals surface area contributed by atoms with E-state index < -0.39 is 22.7 Å². The van der Waals surface area contributed by atoms with Gasteiger partial charge in [0.1, 0.15) is 0 Å². The molecule has 0 radical (unpaired) electrons. The molecule has 0 aliphatic heterocycles. The molecule has 1 aromatic heterocycles. The lowest BCUT2D eigenvalue weighted by molar-refractivity contribution is -0.135. The van der Waals surface area contributed by atoms with Crippen molar-refractivity contribution in [3.05, 3.63) is 10.6 Å². The molecule has 8 heteroatoms. The Morgan fingerprint density at radius 2 is 2.21 bits per heavy atom. The van der Waals surface area contributed by atoms with Crippen LogP contribution in [0, 0.1) is 0 Å². The van der Waals surface area contributed by atoms with E-state index >= 15 is 0 Å². The van der Waals surface area contributed by atoms with Crippen LogP contribution in [0.15, 0.2) is 0 Å². The molecular weight excluding hydrogens is 221 g/mol. The maximum Gasteiger partial charge on any atom is 0.429 e. The Labute approximate surface area is 80.9 Å². The smallest absolute Gasteiger partial charge is 0.429 e. The highest BCUT2D eigenvalue weighted by Gasteiger charge is 2.39. The fraction of sp³-hybridized carbons (Fsp3) is 0.500. The van der Waals surface area contributed by atoms with Crippen LogP contribution in [0.2, 0.25) is 0 Å². The van der Waals surface area contributed by atoms with Gasteiger partial charge in [-0.25, -0.2) is 4.79 Å². The Hall–Kier alpha value is -1.18. The Balaban J connectivity index is 2.99. The van der Waals surface area contributed by atoms with Crippen molar-refractivity contribution in [3.8, 4) is 0 Å². The Morgan fingerprint density at radius 1 is 1.57 bits per heavy atom. The largest absolute Gasteiger partial charge is 0.461 e. The lowest BCUT2D eigenvalue weighted by Gasteiger charge is -2.03. The molecule has 1 aromatic rings. The van der Waals surface area contributed by atoms with Crippen molar-refractivity contribution in [2.24, 2.45) is 0 Å². The zero-order valence-electron chi connectivity index (χ0n) is 6.96. The summed E-state index contributed by atoms with van der Waals surface area (Å²) in [5.41, 5.74) is -0.774. The minimum atomic E-state index is -4.61. The van der Waals surface area contributed by atoms with Crippen molar-refractivity contribution in [1.82, 2.24) is 9.59 Å². The molecule has 0 bridgehead atoms. The molecule has 0 atom stereocenters. The third kappa shape index (κ3) is 2.19. The molecule has 0 saturated heterocycles. The van der Waals surface area contributed by atoms with Crippen LogP contribution < -0.4 is 0 Å². The monoisotopic (exact) mass is 226 g/mol. The van der Waals surface area contributed by atoms with Gasteiger partial charge in [-0.15, -0.1) is 5.10 Å². The molecule has 0 N–H and O–H groups in total. The topological polar surface area (TPSA) is 52.1 Å². The first-order valence-corrected chi connectivity index (χ1v) is 4.30. The minimum absolute atomic E-state index is 0.00629. The fourth-order valence-electron chi connectivity index (χ4n) is 0.710. The molecular formula is C6H5F3N2O2S. The highest BCUT2D eigenvalue weighted by atomic mass is 32.1. The van der Waals surface area contributed by atoms with Crippen LogP contribution in [-0.4, -0.2) is 22.2 Å². The number of carbonyl (C=O) groups is 1. The molecule has 0 aromatic carbocycles. The lowest BCUT2D eigenvalue weighted by atomic mass is 10.3. The second-order valence-electron chi connectivity index (χ2n) is 2.17. The Kier molecular flexibility index (Phi) is 3.04. The Bertz CT molecular complexity index is 336. The first-order chi connectivity index (χ1) is 6.46. The molecule has 0 aliphatic carbocycles. The van der Waals surface area contributed by atoms with Crippen LogP contribution >= 0.6 is 11.5 Å². The summed E-state index contributed by atoms with van der Waals surface area (Å²) in [5.74, 6) is -1.10. The van der Waals surface area contributed by atoms with Crippen molar-refractivity contribution >= 4 is 17.5 Å². The van der Waals surface area contributed by atoms with Crippen LogP contribution in [0.5, 0.6) is 0 Å². The van der Waals surface area contributed by atoms with Crippen molar-refractivity contribution < 1.29 is 22.7 Å². The van der Waals surface area contributed by atoms with Crippen molar-refractivity contribution in [2.75, 3.05) is 6.61 Å². The van der Waals surface area contributed by atoms with Gasteiger partial charge in [0.25, 0.3) is 0 Å². The van der Waals surface area contributed by atoms with Crippen LogP contribution in [0.1, 0.15) is 22.3 Å². The van der Waals surface area contributed by atoms with Gasteiger partial charge in [0.15, 0.2) is 10.6 Å². The van der Waals surface area contributed by atoms with Gasteiger partial charge in [0.2, 0.25) is 0 Å². The molecule has 78 valence electrons. The molecule has 0 fully saturated rings. The standard InChI is InChI=1S/C6H5F3N2O2S/c1-2-13-5(12)3-4(6(7,8)9)14-11-10-3/h2H2,1H3. The number of hydrogen-bond acceptors (Lipinski definition) is 5. The molecule has 1 heterocycles. The zero-order valence-corrected chi connectivity index (χ0v) is 7.78. The van der Waals surface area contributed by atoms with Gasteiger partial charge in [-0.05, 0) is 18.5 Å². The summed E-state index contributed by atoms with van der Waals surface area (Å²) in [5, 5.41) is 3.08. The van der Waals surface area contributed by atoms with E-state index in [9.17, 15) is 18.0 Å². The van der Waals surface area contributed by atoms with E-state index in [4.69, 9.17) is 0 Å². The van der Waals surface area contributed by atoms with Crippen LogP contribution in [0.3, 0.4) is 0 Å². The number of rotatable bonds is 2. The van der Waals surface area contributed by atoms with Gasteiger partial charge in [0, 0.05) is 0 Å². The van der Waals surface area contributed by atoms with Crippen LogP contribution in [0.25, 0.3) is 0 Å². The summed E-state index contributed by atoms with van der Waals surface area (Å²) in [4.78, 5) is 9.83. The number of hydrogen-bond donors (Lipinski definition) is 0. The van der Waals surface area contributed by atoms with Gasteiger partial charge in [-0.3, -0.25) is 0 Å². The van der Waals surface area contributed by atoms with Crippen molar-refractivity contribution in [1.29, 1.82) is 0 Å². The van der Waals surface area contributed by atoms with Crippen molar-refractivity contribution in [2.45, 2.75) is 13.1 Å². The van der Waals surface area contributed by atoms with Crippen LogP contribution in [0.4, 0.5) is 13.2 Å². The molecule has 1 rings (SSSR count). The molecule has 0 spiro atoms. The molecule has 0 amide bonds. The summed E-state index contributed by atoms with van der Waals surface area (Å²) in [6.07, 6.45) is -4.61. The zero-order chi connectivity index (χ0) is 10.8. The normalized spacial score (nSPS) is 11.4. The second-order valence-corrected chi connectivity index (χ2v) is 2.92. The fourth-order valence-corrected chi connectivity index (χ4v) is 1.23. The number of ether oxygens (including phenoxy) is 1. The van der Waals surface area contributed by atoms with Gasteiger partial charge in [-0.2, -0.15) is 13.2 Å². The number of halogens is 3. The third-order valence-electron chi connectivity index (χ3n) is 1.21. The summed E-state index contributed by atoms with van der Waals surface area (Å²) < 4.78 is 44.1. The summed E-state index contributed by atoms with van der Waals surface area (Å²) in [7, 11) is 0. The van der Waals surface area contributed by atoms with Gasteiger partial charge >= 0.3 is 12.1 Å². The molecule has 0 aliphatic rings. The van der Waals surface area contributed by atoms with Gasteiger partial charge < -0.3 is 4.74 Å². The predicted molar refractivity (Wildman–Crippen MR) is 40.9 cm³/mol. The number of aromatic nitrogens is 2. The third-order valence-corrected chi connectivity index (χ3v) is 1.98. The predicted octanol–water partition coefficient (Wildman–Crippen LogP) is 1.73. The molecule has 0 unspecified atom stereocenters. The van der Waals surface area contributed by atoms with Gasteiger partial charge in [0.05, 0.1) is 6.61 Å². The number of alkyl halides is 3. The number of esters is 1. The summed E-state index contributed by atoms with van der Waals surface area (Å²) >= 11 is 0.124. The molecule has 0 saturated carbocycles. The maximum atomic E-state index is 12.2. The average Bonchev–Trinajstić information content (AvgIpc) is 2.50. The summed E-state index contributed by atoms with van der Waals surface area (Å²) in [6, 6.07) is 0. The minimum Gasteiger partial charge on any atom is -0.461 e. The van der Waals surface area contributed by atoms with E-state index in [1.807, 2.05) is 0 Å². The molecule has 14 heavy (non-hydrogen) atoms. The van der Waals surface area contributed by atoms with Crippen molar-refractivity contribution in [3.63, 3.8) is 0 Å². The van der Waals surface area contributed by atoms with E-state index in [2.05, 4.69) is 14.3 Å². The first-order valence-electron chi connectivity index (χ1n) is 3.53. The molecule has 4 nitrogen and oxygen atoms in total. The van der Waals surface area contributed by atoms with E-state index in [1.54, 1.807) is 0 Å². The van der Waals surface area contributed by atoms with E-state index in [0.717, 1.165) is 0 Å². The number of carbonyl (C=O) groups excluding carboxylic acids is 1. The lowest BCUT2D eigenvalue weighted by Crippen LogP contribution is -2.13. The highest BCUT2D eigenvalue weighted by Crippen LogP contribution is 2.33. The van der Waals surface area contributed by atoms with Gasteiger partial charge in [-0.1, -0.05) is 4.49 Å². The van der Waals surface area contributed by atoms with E-state index in [1.165, 1.54) is 6.92 Å². The SMILES string of the molecule is CCOC(=O)c1nnsc1C(F)(F)F. The Morgan fingerprint density at radius 3 is 2.71 bits per heavy atom. The highest BCUT2D eigenvalue weighted by molar-refractivity contribution is 7.05. The number of nitrogens with zero attached hydrogens (tertiary/aromatic N) is 2. The average molecular weight is 226 g/mol. The van der Waals surface area contributed by atoms with Crippen LogP contribution in [-0.2, 0) is 10.9 Å². The first kappa shape index (κ1) is 10.9. The second kappa shape index (κ2) is 3.91. The van der Waals surface area contributed by atoms with E-state index in [0.29, 0.717) is 0 Å². The summed E-state index contributed by atoms with van der Waals surface area (Å²) in [6.45, 7) is 1.48. The van der Waals surface area contributed by atoms with E-state index in [-0.39, 0.29) is 18.1 Å². The maximum absolute atomic E-state index is 12.2. The quantitative estimate of drug-likeness (QED) is 0.720.